The summed E-state index contributed by atoms with van der Waals surface area (Å²) in [5, 5.41) is 18.7. The Hall–Kier alpha value is -0.985. The van der Waals surface area contributed by atoms with E-state index in [4.69, 9.17) is 25.8 Å². The van der Waals surface area contributed by atoms with Gasteiger partial charge in [-0.3, -0.25) is 4.90 Å². The van der Waals surface area contributed by atoms with E-state index in [-0.39, 0.29) is 5.46 Å². The van der Waals surface area contributed by atoms with Crippen molar-refractivity contribution in [2.24, 2.45) is 0 Å². The van der Waals surface area contributed by atoms with E-state index in [2.05, 4.69) is 4.90 Å². The molecule has 2 N–H and O–H groups in total. The van der Waals surface area contributed by atoms with Crippen molar-refractivity contribution in [2.75, 3.05) is 46.6 Å². The molecule has 0 aromatic heterocycles. The van der Waals surface area contributed by atoms with E-state index in [1.165, 1.54) is 19.2 Å². The molecule has 0 radical (unpaired) electrons. The van der Waals surface area contributed by atoms with Crippen LogP contribution < -0.4 is 14.9 Å². The highest BCUT2D eigenvalue weighted by atomic mass is 35.5. The van der Waals surface area contributed by atoms with Gasteiger partial charge in [0.05, 0.1) is 25.3 Å². The van der Waals surface area contributed by atoms with Gasteiger partial charge in [0, 0.05) is 19.6 Å². The number of hydrogen-bond acceptors (Lipinski definition) is 6. The molecule has 116 valence electrons. The van der Waals surface area contributed by atoms with Crippen LogP contribution in [0.2, 0.25) is 5.02 Å². The fraction of sp³-hybridized carbons (Fsp3) is 0.538. The molecular formula is C13H19BClNO5. The molecule has 0 unspecified atom stereocenters. The first-order chi connectivity index (χ1) is 10.1. The lowest BCUT2D eigenvalue weighted by Crippen LogP contribution is -2.38. The van der Waals surface area contributed by atoms with Crippen LogP contribution in [0.3, 0.4) is 0 Å². The molecule has 1 fully saturated rings. The summed E-state index contributed by atoms with van der Waals surface area (Å²) in [7, 11) is -0.118. The predicted molar refractivity (Wildman–Crippen MR) is 80.6 cm³/mol. The molecule has 1 aliphatic rings. The number of ether oxygens (including phenoxy) is 3. The predicted octanol–water partition coefficient (Wildman–Crippen LogP) is -0.261. The Morgan fingerprint density at radius 2 is 2.05 bits per heavy atom. The second-order valence-electron chi connectivity index (χ2n) is 4.71. The smallest absolute Gasteiger partial charge is 0.488 e. The van der Waals surface area contributed by atoms with Gasteiger partial charge in [-0.1, -0.05) is 11.6 Å². The largest absolute Gasteiger partial charge is 0.493 e. The fourth-order valence-corrected chi connectivity index (χ4v) is 2.40. The average Bonchev–Trinajstić information content (AvgIpc) is 2.49. The summed E-state index contributed by atoms with van der Waals surface area (Å²) in [6.45, 7) is 4.51. The van der Waals surface area contributed by atoms with Crippen molar-refractivity contribution in [3.8, 4) is 11.5 Å². The van der Waals surface area contributed by atoms with Crippen LogP contribution in [0, 0.1) is 0 Å². The lowest BCUT2D eigenvalue weighted by molar-refractivity contribution is 0.0321. The van der Waals surface area contributed by atoms with Gasteiger partial charge in [-0.25, -0.2) is 0 Å². The topological polar surface area (TPSA) is 71.4 Å². The van der Waals surface area contributed by atoms with Gasteiger partial charge in [0.15, 0.2) is 11.5 Å². The summed E-state index contributed by atoms with van der Waals surface area (Å²) in [5.41, 5.74) is 0.261. The molecule has 0 atom stereocenters. The van der Waals surface area contributed by atoms with Crippen molar-refractivity contribution in [3.05, 3.63) is 17.2 Å². The van der Waals surface area contributed by atoms with Crippen molar-refractivity contribution >= 4 is 24.2 Å². The normalized spacial score (nSPS) is 15.8. The molecule has 21 heavy (non-hydrogen) atoms. The van der Waals surface area contributed by atoms with Gasteiger partial charge >= 0.3 is 7.12 Å². The number of rotatable bonds is 6. The van der Waals surface area contributed by atoms with E-state index < -0.39 is 7.12 Å². The highest BCUT2D eigenvalue weighted by molar-refractivity contribution is 6.59. The zero-order valence-corrected chi connectivity index (χ0v) is 12.7. The quantitative estimate of drug-likeness (QED) is 0.705. The Bertz CT molecular complexity index is 468. The first-order valence-electron chi connectivity index (χ1n) is 6.78. The van der Waals surface area contributed by atoms with Crippen molar-refractivity contribution in [2.45, 2.75) is 0 Å². The van der Waals surface area contributed by atoms with Gasteiger partial charge in [0.1, 0.15) is 6.61 Å². The van der Waals surface area contributed by atoms with Crippen LogP contribution in [0.5, 0.6) is 11.5 Å². The molecule has 0 aliphatic carbocycles. The lowest BCUT2D eigenvalue weighted by atomic mass is 9.80. The molecule has 1 saturated heterocycles. The van der Waals surface area contributed by atoms with Crippen LogP contribution in [-0.4, -0.2) is 68.6 Å². The number of hydrogen-bond donors (Lipinski definition) is 2. The van der Waals surface area contributed by atoms with Gasteiger partial charge in [0.2, 0.25) is 0 Å². The minimum absolute atomic E-state index is 0.261. The molecule has 0 bridgehead atoms. The molecule has 8 heteroatoms. The Morgan fingerprint density at radius 3 is 2.67 bits per heavy atom. The summed E-state index contributed by atoms with van der Waals surface area (Å²) in [6, 6.07) is 2.96. The van der Waals surface area contributed by atoms with Gasteiger partial charge in [-0.05, 0) is 17.6 Å². The summed E-state index contributed by atoms with van der Waals surface area (Å²) >= 11 is 6.12. The van der Waals surface area contributed by atoms with Crippen LogP contribution in [-0.2, 0) is 4.74 Å². The molecule has 0 spiro atoms. The third-order valence-electron chi connectivity index (χ3n) is 3.31. The van der Waals surface area contributed by atoms with Crippen LogP contribution in [0.4, 0.5) is 0 Å². The summed E-state index contributed by atoms with van der Waals surface area (Å²) in [6.07, 6.45) is 0. The maximum absolute atomic E-state index is 9.19. The maximum Gasteiger partial charge on any atom is 0.488 e. The maximum atomic E-state index is 9.19. The Kier molecular flexibility index (Phi) is 6.14. The Morgan fingerprint density at radius 1 is 1.33 bits per heavy atom. The van der Waals surface area contributed by atoms with E-state index in [1.54, 1.807) is 0 Å². The van der Waals surface area contributed by atoms with Crippen LogP contribution in [0.25, 0.3) is 0 Å². The second-order valence-corrected chi connectivity index (χ2v) is 5.12. The monoisotopic (exact) mass is 315 g/mol. The molecule has 1 aromatic carbocycles. The molecule has 1 heterocycles. The second kappa shape index (κ2) is 7.86. The SMILES string of the molecule is COc1cc(B(O)O)cc(Cl)c1OCCN1CCOCC1. The standard InChI is InChI=1S/C13H19BClNO5/c1-19-12-9-10(14(17)18)8-11(15)13(12)21-7-4-16-2-5-20-6-3-16/h8-9,17-18H,2-7H2,1H3. The minimum atomic E-state index is -1.60. The first-order valence-corrected chi connectivity index (χ1v) is 7.16. The molecule has 0 saturated carbocycles. The highest BCUT2D eigenvalue weighted by Gasteiger charge is 2.19. The Balaban J connectivity index is 1.98. The van der Waals surface area contributed by atoms with Crippen LogP contribution in [0.1, 0.15) is 0 Å². The van der Waals surface area contributed by atoms with E-state index in [9.17, 15) is 10.0 Å². The van der Waals surface area contributed by atoms with Crippen molar-refractivity contribution in [1.82, 2.24) is 4.90 Å². The molecule has 0 amide bonds. The van der Waals surface area contributed by atoms with E-state index in [1.807, 2.05) is 0 Å². The Labute approximate surface area is 129 Å². The zero-order valence-electron chi connectivity index (χ0n) is 11.9. The van der Waals surface area contributed by atoms with Crippen molar-refractivity contribution in [1.29, 1.82) is 0 Å². The van der Waals surface area contributed by atoms with Gasteiger partial charge < -0.3 is 24.3 Å². The molecule has 1 aromatic rings. The third-order valence-corrected chi connectivity index (χ3v) is 3.59. The third kappa shape index (κ3) is 4.49. The molecule has 1 aliphatic heterocycles. The highest BCUT2D eigenvalue weighted by Crippen LogP contribution is 2.33. The fourth-order valence-electron chi connectivity index (χ4n) is 2.13. The average molecular weight is 316 g/mol. The van der Waals surface area contributed by atoms with Crippen molar-refractivity contribution in [3.63, 3.8) is 0 Å². The zero-order chi connectivity index (χ0) is 15.2. The number of benzene rings is 1. The first kappa shape index (κ1) is 16.4. The molecule has 2 rings (SSSR count). The van der Waals surface area contributed by atoms with Gasteiger partial charge in [-0.15, -0.1) is 0 Å². The van der Waals surface area contributed by atoms with Crippen molar-refractivity contribution < 1.29 is 24.3 Å². The van der Waals surface area contributed by atoms with Crippen LogP contribution in [0.15, 0.2) is 12.1 Å². The molecule has 6 nitrogen and oxygen atoms in total. The number of methoxy groups -OCH3 is 1. The minimum Gasteiger partial charge on any atom is -0.493 e. The van der Waals surface area contributed by atoms with E-state index >= 15 is 0 Å². The number of nitrogens with zero attached hydrogens (tertiary/aromatic N) is 1. The van der Waals surface area contributed by atoms with E-state index in [0.29, 0.717) is 23.1 Å². The number of morpholine rings is 1. The van der Waals surface area contributed by atoms with Gasteiger partial charge in [-0.2, -0.15) is 0 Å². The summed E-state index contributed by atoms with van der Waals surface area (Å²) < 4.78 is 16.2. The van der Waals surface area contributed by atoms with Gasteiger partial charge in [0.25, 0.3) is 0 Å². The lowest BCUT2D eigenvalue weighted by Gasteiger charge is -2.26. The summed E-state index contributed by atoms with van der Waals surface area (Å²) in [5.74, 6) is 0.796. The summed E-state index contributed by atoms with van der Waals surface area (Å²) in [4.78, 5) is 2.25. The van der Waals surface area contributed by atoms with Crippen LogP contribution >= 0.6 is 11.6 Å². The molecular weight excluding hydrogens is 296 g/mol. The van der Waals surface area contributed by atoms with E-state index in [0.717, 1.165) is 32.8 Å². The number of halogens is 1.